The first kappa shape index (κ1) is 13.7. The number of hydrogen-bond acceptors (Lipinski definition) is 5. The number of sulfonamides is 1. The van der Waals surface area contributed by atoms with Crippen molar-refractivity contribution >= 4 is 27.4 Å². The zero-order valence-corrected chi connectivity index (χ0v) is 18.3. The van der Waals surface area contributed by atoms with Gasteiger partial charge in [0.25, 0.3) is 0 Å². The molecule has 1 saturated heterocycles. The maximum atomic E-state index is 13.4. The molecule has 0 saturated carbocycles. The fraction of sp³-hybridized carbons (Fsp3) is 0.391. The lowest BCUT2D eigenvalue weighted by Gasteiger charge is -2.32. The molecule has 2 aromatic rings. The number of nitrogens with zero attached hydrogens (tertiary/aromatic N) is 3. The second-order valence-electron chi connectivity index (χ2n) is 7.38. The second kappa shape index (κ2) is 8.85. The van der Waals surface area contributed by atoms with Gasteiger partial charge in [-0.25, -0.2) is 12.7 Å². The Morgan fingerprint density at radius 1 is 1.13 bits per heavy atom. The number of fused-ring (bicyclic) bond motifs is 2. The molecule has 0 unspecified atom stereocenters. The molecule has 2 aliphatic rings. The van der Waals surface area contributed by atoms with E-state index in [2.05, 4.69) is 16.8 Å². The van der Waals surface area contributed by atoms with Crippen LogP contribution in [0.4, 0.5) is 0 Å². The summed E-state index contributed by atoms with van der Waals surface area (Å²) in [4.78, 5) is 5.15. The van der Waals surface area contributed by atoms with Crippen LogP contribution in [0.2, 0.25) is 0 Å². The molecule has 0 amide bonds. The predicted octanol–water partition coefficient (Wildman–Crippen LogP) is 3.47. The number of rotatable bonds is 5. The molecule has 0 spiro atoms. The highest BCUT2D eigenvalue weighted by molar-refractivity contribution is 7.99. The van der Waals surface area contributed by atoms with Crippen molar-refractivity contribution in [2.75, 3.05) is 53.7 Å². The Morgan fingerprint density at radius 3 is 2.63 bits per heavy atom. The summed E-state index contributed by atoms with van der Waals surface area (Å²) < 4.78 is 89.7. The molecule has 30 heavy (non-hydrogen) atoms. The Kier molecular flexibility index (Phi) is 4.04. The number of hydrogen-bond donors (Lipinski definition) is 0. The first-order valence-corrected chi connectivity index (χ1v) is 12.0. The maximum Gasteiger partial charge on any atom is 0.242 e. The summed E-state index contributed by atoms with van der Waals surface area (Å²) >= 11 is 1.32. The van der Waals surface area contributed by atoms with Gasteiger partial charge in [-0.05, 0) is 54.4 Å². The molecule has 2 heterocycles. The first-order chi connectivity index (χ1) is 17.6. The molecule has 2 aromatic carbocycles. The van der Waals surface area contributed by atoms with Crippen LogP contribution in [0.3, 0.4) is 0 Å². The smallest absolute Gasteiger partial charge is 0.242 e. The largest absolute Gasteiger partial charge is 0.304 e. The van der Waals surface area contributed by atoms with Crippen molar-refractivity contribution in [1.29, 1.82) is 0 Å². The zero-order chi connectivity index (χ0) is 28.0. The summed E-state index contributed by atoms with van der Waals surface area (Å²) in [5.74, 6) is 0. The van der Waals surface area contributed by atoms with Gasteiger partial charge in [-0.2, -0.15) is 0 Å². The van der Waals surface area contributed by atoms with Crippen LogP contribution in [-0.4, -0.2) is 76.2 Å². The van der Waals surface area contributed by atoms with Gasteiger partial charge >= 0.3 is 0 Å². The van der Waals surface area contributed by atoms with Gasteiger partial charge in [0, 0.05) is 64.7 Å². The SMILES string of the molecule is [2H]/C(CCN1CCN(C)CC1)=C1\c2ccccc2Sc2ccc(S(=O)(=O)N(C([2H])([2H])[2H])C([2H])([2H])[2H])c([2H])c21. The average Bonchev–Trinajstić information content (AvgIpc) is 2.80. The van der Waals surface area contributed by atoms with E-state index in [9.17, 15) is 8.42 Å². The topological polar surface area (TPSA) is 43.9 Å². The van der Waals surface area contributed by atoms with E-state index >= 15 is 0 Å². The Balaban J connectivity index is 1.84. The van der Waals surface area contributed by atoms with Crippen molar-refractivity contribution < 1.29 is 19.4 Å². The highest BCUT2D eigenvalue weighted by Crippen LogP contribution is 2.46. The monoisotopic (exact) mass is 451 g/mol. The number of piperazine rings is 1. The van der Waals surface area contributed by atoms with Gasteiger partial charge < -0.3 is 9.80 Å². The highest BCUT2D eigenvalue weighted by Gasteiger charge is 2.25. The molecule has 160 valence electrons. The van der Waals surface area contributed by atoms with E-state index in [0.717, 1.165) is 37.1 Å². The molecule has 0 radical (unpaired) electrons. The number of benzene rings is 2. The third-order valence-electron chi connectivity index (χ3n) is 5.35. The van der Waals surface area contributed by atoms with Gasteiger partial charge in [0.2, 0.25) is 10.0 Å². The van der Waals surface area contributed by atoms with Crippen molar-refractivity contribution in [3.8, 4) is 0 Å². The van der Waals surface area contributed by atoms with Gasteiger partial charge in [-0.3, -0.25) is 0 Å². The van der Waals surface area contributed by atoms with Crippen LogP contribution in [0.15, 0.2) is 63.2 Å². The molecular formula is C23H29N3O2S2. The van der Waals surface area contributed by atoms with Gasteiger partial charge in [-0.15, -0.1) is 0 Å². The van der Waals surface area contributed by atoms with Crippen LogP contribution < -0.4 is 0 Å². The molecule has 0 N–H and O–H groups in total. The quantitative estimate of drug-likeness (QED) is 0.594. The molecule has 2 aliphatic heterocycles. The summed E-state index contributed by atoms with van der Waals surface area (Å²) in [7, 11) is -3.07. The van der Waals surface area contributed by atoms with Gasteiger partial charge in [-0.1, -0.05) is 36.0 Å². The van der Waals surface area contributed by atoms with Crippen LogP contribution in [0.25, 0.3) is 5.57 Å². The minimum atomic E-state index is -5.13. The van der Waals surface area contributed by atoms with Crippen molar-refractivity contribution in [3.63, 3.8) is 0 Å². The molecule has 1 fully saturated rings. The summed E-state index contributed by atoms with van der Waals surface area (Å²) in [5.41, 5.74) is 1.27. The fourth-order valence-corrected chi connectivity index (χ4v) is 5.31. The van der Waals surface area contributed by atoms with Crippen LogP contribution in [-0.2, 0) is 10.0 Å². The van der Waals surface area contributed by atoms with Gasteiger partial charge in [0.05, 0.1) is 7.64 Å². The third kappa shape index (κ3) is 4.36. The second-order valence-corrected chi connectivity index (χ2v) is 10.2. The molecule has 0 aliphatic carbocycles. The minimum Gasteiger partial charge on any atom is -0.304 e. The Labute approximate surface area is 195 Å². The lowest BCUT2D eigenvalue weighted by atomic mass is 9.96. The molecular weight excluding hydrogens is 414 g/mol. The Bertz CT molecular complexity index is 1340. The summed E-state index contributed by atoms with van der Waals surface area (Å²) in [6.45, 7) is -2.77. The Morgan fingerprint density at radius 2 is 1.87 bits per heavy atom. The van der Waals surface area contributed by atoms with E-state index in [1.54, 1.807) is 6.07 Å². The molecule has 0 atom stereocenters. The molecule has 5 nitrogen and oxygen atoms in total. The van der Waals surface area contributed by atoms with Crippen molar-refractivity contribution in [2.45, 2.75) is 21.1 Å². The van der Waals surface area contributed by atoms with E-state index in [-0.39, 0.29) is 11.6 Å². The van der Waals surface area contributed by atoms with Crippen LogP contribution in [0.1, 0.15) is 28.5 Å². The first-order valence-electron chi connectivity index (χ1n) is 13.7. The van der Waals surface area contributed by atoms with Crippen LogP contribution >= 0.6 is 11.8 Å². The number of likely N-dealkylation sites (N-methyl/N-ethyl adjacent to an activating group) is 1. The highest BCUT2D eigenvalue weighted by atomic mass is 32.2. The van der Waals surface area contributed by atoms with Crippen molar-refractivity contribution in [3.05, 3.63) is 59.6 Å². The van der Waals surface area contributed by atoms with Crippen LogP contribution in [0, 0.1) is 0 Å². The third-order valence-corrected chi connectivity index (χ3v) is 7.76. The Hall–Kier alpha value is -1.64. The van der Waals surface area contributed by atoms with E-state index in [4.69, 9.17) is 11.0 Å². The predicted molar refractivity (Wildman–Crippen MR) is 124 cm³/mol. The lowest BCUT2D eigenvalue weighted by Crippen LogP contribution is -2.44. The van der Waals surface area contributed by atoms with Crippen LogP contribution in [0.5, 0.6) is 0 Å². The van der Waals surface area contributed by atoms with Gasteiger partial charge in [0.15, 0.2) is 0 Å². The van der Waals surface area contributed by atoms with Crippen molar-refractivity contribution in [2.24, 2.45) is 0 Å². The van der Waals surface area contributed by atoms with E-state index in [0.29, 0.717) is 29.0 Å². The summed E-state index contributed by atoms with van der Waals surface area (Å²) in [6.07, 6.45) is 0.366. The van der Waals surface area contributed by atoms with Crippen molar-refractivity contribution in [1.82, 2.24) is 14.1 Å². The summed E-state index contributed by atoms with van der Waals surface area (Å²) in [5, 5.41) is 0. The van der Waals surface area contributed by atoms with Gasteiger partial charge in [0.1, 0.15) is 0 Å². The normalized spacial score (nSPS) is 24.2. The fourth-order valence-electron chi connectivity index (χ4n) is 3.59. The molecule has 4 rings (SSSR count). The van der Waals surface area contributed by atoms with E-state index in [1.807, 2.05) is 18.2 Å². The standard InChI is InChI=1S/C23H29N3O2S2/c1-24(2)30(27,28)18-10-11-23-21(17-18)19(20-7-4-5-9-22(20)29-23)8-6-12-26-15-13-25(3)14-16-26/h4-5,7-11,17H,6,12-16H2,1-3H3/b19-8-/i1D3,2D3,8D,17D. The van der Waals surface area contributed by atoms with E-state index in [1.165, 1.54) is 17.8 Å². The molecule has 0 bridgehead atoms. The minimum absolute atomic E-state index is 0.189. The van der Waals surface area contributed by atoms with E-state index < -0.39 is 39.2 Å². The maximum absolute atomic E-state index is 13.4. The summed E-state index contributed by atoms with van der Waals surface area (Å²) in [6, 6.07) is 9.57. The zero-order valence-electron chi connectivity index (χ0n) is 24.7. The molecule has 7 heteroatoms. The average molecular weight is 452 g/mol. The molecule has 0 aromatic heterocycles. The lowest BCUT2D eigenvalue weighted by molar-refractivity contribution is 0.156.